The van der Waals surface area contributed by atoms with Crippen LogP contribution in [0.5, 0.6) is 0 Å². The lowest BCUT2D eigenvalue weighted by atomic mass is 10.2. The van der Waals surface area contributed by atoms with Gasteiger partial charge in [0.2, 0.25) is 5.89 Å². The number of benzene rings is 2. The van der Waals surface area contributed by atoms with Gasteiger partial charge in [-0.3, -0.25) is 4.79 Å². The molecule has 0 aliphatic carbocycles. The van der Waals surface area contributed by atoms with Crippen LogP contribution in [-0.4, -0.2) is 11.0 Å². The molecule has 0 aliphatic rings. The maximum atomic E-state index is 12.0. The van der Waals surface area contributed by atoms with Gasteiger partial charge in [-0.1, -0.05) is 48.5 Å². The van der Waals surface area contributed by atoms with Gasteiger partial charge in [-0.25, -0.2) is 4.98 Å². The Kier molecular flexibility index (Phi) is 4.52. The van der Waals surface area contributed by atoms with Crippen LogP contribution in [0.25, 0.3) is 11.5 Å². The number of esters is 1. The number of aryl methyl sites for hydroxylation is 1. The molecule has 0 amide bonds. The lowest BCUT2D eigenvalue weighted by Gasteiger charge is -2.03. The minimum Gasteiger partial charge on any atom is -0.461 e. The van der Waals surface area contributed by atoms with E-state index in [1.165, 1.54) is 0 Å². The summed E-state index contributed by atoms with van der Waals surface area (Å²) in [4.78, 5) is 16.4. The highest BCUT2D eigenvalue weighted by atomic mass is 16.5. The minimum absolute atomic E-state index is 0.106. The van der Waals surface area contributed by atoms with Gasteiger partial charge >= 0.3 is 5.97 Å². The fourth-order valence-electron chi connectivity index (χ4n) is 2.22. The molecule has 0 atom stereocenters. The van der Waals surface area contributed by atoms with Gasteiger partial charge in [0.25, 0.3) is 0 Å². The standard InChI is InChI=1S/C19H17NO3/c1-14-17(20-19(23-14)16-10-6-3-7-11-16)12-18(21)22-13-15-8-4-2-5-9-15/h2-11H,12-13H2,1H3. The van der Waals surface area contributed by atoms with E-state index in [0.717, 1.165) is 11.1 Å². The number of rotatable bonds is 5. The fraction of sp³-hybridized carbons (Fsp3) is 0.158. The summed E-state index contributed by atoms with van der Waals surface area (Å²) in [6.07, 6.45) is 0.106. The molecule has 3 rings (SSSR count). The monoisotopic (exact) mass is 307 g/mol. The molecule has 4 nitrogen and oxygen atoms in total. The first-order valence-electron chi connectivity index (χ1n) is 7.43. The van der Waals surface area contributed by atoms with Crippen molar-refractivity contribution in [3.8, 4) is 11.5 Å². The molecule has 0 saturated carbocycles. The van der Waals surface area contributed by atoms with Crippen molar-refractivity contribution in [2.45, 2.75) is 20.0 Å². The van der Waals surface area contributed by atoms with E-state index in [1.807, 2.05) is 60.7 Å². The van der Waals surface area contributed by atoms with E-state index in [9.17, 15) is 4.79 Å². The molecule has 23 heavy (non-hydrogen) atoms. The number of hydrogen-bond donors (Lipinski definition) is 0. The molecule has 1 aromatic heterocycles. The molecule has 4 heteroatoms. The third kappa shape index (κ3) is 3.86. The Hall–Kier alpha value is -2.88. The minimum atomic E-state index is -0.315. The predicted octanol–water partition coefficient (Wildman–Crippen LogP) is 3.94. The van der Waals surface area contributed by atoms with E-state index >= 15 is 0 Å². The van der Waals surface area contributed by atoms with Crippen molar-refractivity contribution in [2.24, 2.45) is 0 Å². The number of ether oxygens (including phenoxy) is 1. The maximum Gasteiger partial charge on any atom is 0.312 e. The lowest BCUT2D eigenvalue weighted by molar-refractivity contribution is -0.144. The maximum absolute atomic E-state index is 12.0. The summed E-state index contributed by atoms with van der Waals surface area (Å²) in [6, 6.07) is 19.2. The van der Waals surface area contributed by atoms with Crippen molar-refractivity contribution in [3.63, 3.8) is 0 Å². The summed E-state index contributed by atoms with van der Waals surface area (Å²) in [5.74, 6) is 0.847. The van der Waals surface area contributed by atoms with E-state index in [-0.39, 0.29) is 19.0 Å². The molecule has 116 valence electrons. The normalized spacial score (nSPS) is 10.5. The first-order chi connectivity index (χ1) is 11.2. The second-order valence-corrected chi connectivity index (χ2v) is 5.21. The first-order valence-corrected chi connectivity index (χ1v) is 7.43. The van der Waals surface area contributed by atoms with Crippen LogP contribution in [0.1, 0.15) is 17.0 Å². The van der Waals surface area contributed by atoms with Gasteiger partial charge in [0.1, 0.15) is 12.4 Å². The molecule has 0 radical (unpaired) electrons. The largest absolute Gasteiger partial charge is 0.461 e. The molecule has 0 N–H and O–H groups in total. The molecular weight excluding hydrogens is 290 g/mol. The quantitative estimate of drug-likeness (QED) is 0.670. The average molecular weight is 307 g/mol. The molecule has 0 bridgehead atoms. The Labute approximate surface area is 134 Å². The summed E-state index contributed by atoms with van der Waals surface area (Å²) in [7, 11) is 0. The molecule has 3 aromatic rings. The Balaban J connectivity index is 1.64. The SMILES string of the molecule is Cc1oc(-c2ccccc2)nc1CC(=O)OCc1ccccc1. The molecular formula is C19H17NO3. The third-order valence-electron chi connectivity index (χ3n) is 3.47. The van der Waals surface area contributed by atoms with E-state index in [2.05, 4.69) is 4.98 Å². The zero-order valence-corrected chi connectivity index (χ0v) is 12.9. The molecule has 0 spiro atoms. The van der Waals surface area contributed by atoms with Crippen molar-refractivity contribution < 1.29 is 13.9 Å². The smallest absolute Gasteiger partial charge is 0.312 e. The number of hydrogen-bond acceptors (Lipinski definition) is 4. The van der Waals surface area contributed by atoms with E-state index in [4.69, 9.17) is 9.15 Å². The van der Waals surface area contributed by atoms with E-state index < -0.39 is 0 Å². The van der Waals surface area contributed by atoms with Crippen LogP contribution in [0.3, 0.4) is 0 Å². The predicted molar refractivity (Wildman–Crippen MR) is 86.6 cm³/mol. The molecule has 1 heterocycles. The van der Waals surface area contributed by atoms with Gasteiger partial charge in [-0.15, -0.1) is 0 Å². The summed E-state index contributed by atoms with van der Waals surface area (Å²) in [5, 5.41) is 0. The van der Waals surface area contributed by atoms with Crippen molar-refractivity contribution in [1.82, 2.24) is 4.98 Å². The van der Waals surface area contributed by atoms with Gasteiger partial charge in [0.15, 0.2) is 0 Å². The highest BCUT2D eigenvalue weighted by Crippen LogP contribution is 2.21. The second kappa shape index (κ2) is 6.92. The number of carbonyl (C=O) groups excluding carboxylic acids is 1. The van der Waals surface area contributed by atoms with Crippen molar-refractivity contribution >= 4 is 5.97 Å². The zero-order chi connectivity index (χ0) is 16.1. The van der Waals surface area contributed by atoms with Crippen molar-refractivity contribution in [2.75, 3.05) is 0 Å². The topological polar surface area (TPSA) is 52.3 Å². The Morgan fingerprint density at radius 1 is 1.04 bits per heavy atom. The molecule has 0 unspecified atom stereocenters. The van der Waals surface area contributed by atoms with Gasteiger partial charge in [0.05, 0.1) is 12.1 Å². The van der Waals surface area contributed by atoms with Crippen LogP contribution >= 0.6 is 0 Å². The molecule has 0 fully saturated rings. The Morgan fingerprint density at radius 3 is 2.39 bits per heavy atom. The fourth-order valence-corrected chi connectivity index (χ4v) is 2.22. The number of nitrogens with zero attached hydrogens (tertiary/aromatic N) is 1. The molecule has 2 aromatic carbocycles. The van der Waals surface area contributed by atoms with Gasteiger partial charge in [-0.05, 0) is 24.6 Å². The van der Waals surface area contributed by atoms with Crippen LogP contribution in [0.4, 0.5) is 0 Å². The van der Waals surface area contributed by atoms with E-state index in [0.29, 0.717) is 17.3 Å². The second-order valence-electron chi connectivity index (χ2n) is 5.21. The van der Waals surface area contributed by atoms with Crippen LogP contribution in [0, 0.1) is 6.92 Å². The Bertz CT molecular complexity index is 779. The molecule has 0 saturated heterocycles. The highest BCUT2D eigenvalue weighted by Gasteiger charge is 2.15. The zero-order valence-electron chi connectivity index (χ0n) is 12.9. The summed E-state index contributed by atoms with van der Waals surface area (Å²) in [6.45, 7) is 2.07. The number of oxazole rings is 1. The summed E-state index contributed by atoms with van der Waals surface area (Å²) in [5.41, 5.74) is 2.46. The first kappa shape index (κ1) is 15.0. The number of carbonyl (C=O) groups is 1. The van der Waals surface area contributed by atoms with Crippen LogP contribution in [-0.2, 0) is 22.6 Å². The van der Waals surface area contributed by atoms with Crippen LogP contribution in [0.15, 0.2) is 65.1 Å². The Morgan fingerprint density at radius 2 is 1.70 bits per heavy atom. The van der Waals surface area contributed by atoms with Crippen LogP contribution in [0.2, 0.25) is 0 Å². The number of aromatic nitrogens is 1. The van der Waals surface area contributed by atoms with Gasteiger partial charge < -0.3 is 9.15 Å². The summed E-state index contributed by atoms with van der Waals surface area (Å²) >= 11 is 0. The van der Waals surface area contributed by atoms with E-state index in [1.54, 1.807) is 6.92 Å². The lowest BCUT2D eigenvalue weighted by Crippen LogP contribution is -2.09. The molecule has 0 aliphatic heterocycles. The van der Waals surface area contributed by atoms with Gasteiger partial charge in [-0.2, -0.15) is 0 Å². The van der Waals surface area contributed by atoms with Crippen molar-refractivity contribution in [1.29, 1.82) is 0 Å². The van der Waals surface area contributed by atoms with Crippen molar-refractivity contribution in [3.05, 3.63) is 77.7 Å². The third-order valence-corrected chi connectivity index (χ3v) is 3.47. The van der Waals surface area contributed by atoms with Crippen LogP contribution < -0.4 is 0 Å². The highest BCUT2D eigenvalue weighted by molar-refractivity contribution is 5.72. The van der Waals surface area contributed by atoms with Gasteiger partial charge in [0, 0.05) is 5.56 Å². The summed E-state index contributed by atoms with van der Waals surface area (Å²) < 4.78 is 10.9. The average Bonchev–Trinajstić information content (AvgIpc) is 2.95.